The Balaban J connectivity index is 3.03. The highest BCUT2D eigenvalue weighted by molar-refractivity contribution is 5.84. The maximum Gasteiger partial charge on any atom is 0.328 e. The molecule has 0 aliphatic carbocycles. The molecule has 1 aromatic rings. The normalized spacial score (nSPS) is 10.5. The van der Waals surface area contributed by atoms with E-state index in [9.17, 15) is 14.8 Å². The molecule has 0 unspecified atom stereocenters. The summed E-state index contributed by atoms with van der Waals surface area (Å²) in [6, 6.07) is 0. The summed E-state index contributed by atoms with van der Waals surface area (Å²) in [5.74, 6) is -1.16. The van der Waals surface area contributed by atoms with Crippen LogP contribution in [0.5, 0.6) is 0 Å². The van der Waals surface area contributed by atoms with Crippen LogP contribution >= 0.6 is 0 Å². The molecule has 0 aliphatic heterocycles. The van der Waals surface area contributed by atoms with Crippen molar-refractivity contribution in [2.24, 2.45) is 0 Å². The van der Waals surface area contributed by atoms with E-state index in [4.69, 9.17) is 5.11 Å². The maximum absolute atomic E-state index is 10.9. The van der Waals surface area contributed by atoms with E-state index >= 15 is 0 Å². The van der Waals surface area contributed by atoms with Crippen LogP contribution in [-0.4, -0.2) is 16.1 Å². The van der Waals surface area contributed by atoms with Crippen LogP contribution in [0.25, 0.3) is 6.08 Å². The number of aromatic amines is 1. The van der Waals surface area contributed by atoms with E-state index < -0.39 is 11.5 Å². The van der Waals surface area contributed by atoms with Crippen LogP contribution < -0.4 is 10.3 Å². The van der Waals surface area contributed by atoms with Crippen LogP contribution in [0.1, 0.15) is 5.69 Å². The summed E-state index contributed by atoms with van der Waals surface area (Å²) in [6.07, 6.45) is 3.81. The molecule has 13 heavy (non-hydrogen) atoms. The van der Waals surface area contributed by atoms with Gasteiger partial charge in [-0.3, -0.25) is 4.79 Å². The molecule has 0 amide bonds. The lowest BCUT2D eigenvalue weighted by Crippen LogP contribution is -2.34. The lowest BCUT2D eigenvalue weighted by molar-refractivity contribution is -0.608. The second-order valence-corrected chi connectivity index (χ2v) is 2.20. The van der Waals surface area contributed by atoms with E-state index in [0.29, 0.717) is 0 Å². The van der Waals surface area contributed by atoms with Gasteiger partial charge >= 0.3 is 11.5 Å². The van der Waals surface area contributed by atoms with E-state index in [1.165, 1.54) is 0 Å². The molecule has 0 saturated carbocycles. The Morgan fingerprint density at radius 1 is 1.69 bits per heavy atom. The predicted octanol–water partition coefficient (Wildman–Crippen LogP) is -0.894. The zero-order chi connectivity index (χ0) is 9.84. The SMILES string of the molecule is O=C(O)C=Cc1c[nH]c(=O)c[n+]1[O-]. The number of hydrogen-bond acceptors (Lipinski definition) is 3. The fourth-order valence-electron chi connectivity index (χ4n) is 0.705. The molecular weight excluding hydrogens is 176 g/mol. The molecule has 2 N–H and O–H groups in total. The number of nitrogens with one attached hydrogen (secondary N) is 1. The third-order valence-electron chi connectivity index (χ3n) is 1.25. The topological polar surface area (TPSA) is 97.1 Å². The van der Waals surface area contributed by atoms with Crippen LogP contribution in [0.4, 0.5) is 0 Å². The lowest BCUT2D eigenvalue weighted by Gasteiger charge is -1.96. The van der Waals surface area contributed by atoms with Crippen molar-refractivity contribution in [3.63, 3.8) is 0 Å². The molecule has 68 valence electrons. The zero-order valence-electron chi connectivity index (χ0n) is 6.43. The Morgan fingerprint density at radius 3 is 2.92 bits per heavy atom. The van der Waals surface area contributed by atoms with E-state index in [1.54, 1.807) is 0 Å². The Bertz CT molecular complexity index is 407. The molecule has 1 heterocycles. The van der Waals surface area contributed by atoms with E-state index in [-0.39, 0.29) is 10.4 Å². The smallest absolute Gasteiger partial charge is 0.328 e. The molecule has 0 saturated heterocycles. The van der Waals surface area contributed by atoms with Gasteiger partial charge in [0.1, 0.15) is 0 Å². The molecule has 0 aromatic carbocycles. The standard InChI is InChI=1S/C7H6N2O4/c10-6-4-9(13)5(3-8-6)1-2-7(11)12/h1-4H,(H,8,10)(H,11,12). The minimum Gasteiger partial charge on any atom is -0.618 e. The number of hydrogen-bond donors (Lipinski definition) is 2. The van der Waals surface area contributed by atoms with Crippen LogP contribution in [0, 0.1) is 5.21 Å². The fraction of sp³-hybridized carbons (Fsp3) is 0. The van der Waals surface area contributed by atoms with Crippen molar-refractivity contribution in [2.75, 3.05) is 0 Å². The summed E-state index contributed by atoms with van der Waals surface area (Å²) in [7, 11) is 0. The number of aliphatic carboxylic acids is 1. The van der Waals surface area contributed by atoms with Crippen molar-refractivity contribution < 1.29 is 14.6 Å². The summed E-state index contributed by atoms with van der Waals surface area (Å²) < 4.78 is 0.290. The summed E-state index contributed by atoms with van der Waals surface area (Å²) >= 11 is 0. The molecule has 0 fully saturated rings. The molecule has 1 rings (SSSR count). The van der Waals surface area contributed by atoms with Crippen LogP contribution in [0.15, 0.2) is 23.3 Å². The number of H-pyrrole nitrogens is 1. The van der Waals surface area contributed by atoms with Gasteiger partial charge in [0.2, 0.25) is 11.9 Å². The third-order valence-corrected chi connectivity index (χ3v) is 1.25. The van der Waals surface area contributed by atoms with Crippen molar-refractivity contribution in [3.05, 3.63) is 39.7 Å². The van der Waals surface area contributed by atoms with E-state index in [1.807, 2.05) is 0 Å². The van der Waals surface area contributed by atoms with Gasteiger partial charge in [-0.1, -0.05) is 0 Å². The van der Waals surface area contributed by atoms with Crippen molar-refractivity contribution >= 4 is 12.0 Å². The highest BCUT2D eigenvalue weighted by atomic mass is 16.5. The molecule has 0 aliphatic rings. The highest BCUT2D eigenvalue weighted by Gasteiger charge is 2.01. The minimum absolute atomic E-state index is 0.0574. The molecule has 0 radical (unpaired) electrons. The number of rotatable bonds is 2. The maximum atomic E-state index is 10.9. The minimum atomic E-state index is -1.16. The lowest BCUT2D eigenvalue weighted by atomic mass is 10.4. The number of carbonyl (C=O) groups is 1. The monoisotopic (exact) mass is 182 g/mol. The first-order valence-electron chi connectivity index (χ1n) is 3.32. The van der Waals surface area contributed by atoms with Gasteiger partial charge in [0.25, 0.3) is 0 Å². The fourth-order valence-corrected chi connectivity index (χ4v) is 0.705. The number of nitrogens with zero attached hydrogens (tertiary/aromatic N) is 1. The van der Waals surface area contributed by atoms with Gasteiger partial charge < -0.3 is 15.3 Å². The Hall–Kier alpha value is -2.11. The average molecular weight is 182 g/mol. The molecule has 6 heteroatoms. The number of aromatic nitrogens is 2. The van der Waals surface area contributed by atoms with Crippen molar-refractivity contribution in [1.29, 1.82) is 0 Å². The molecule has 0 atom stereocenters. The first kappa shape index (κ1) is 8.98. The zero-order valence-corrected chi connectivity index (χ0v) is 6.43. The van der Waals surface area contributed by atoms with Crippen LogP contribution in [0.3, 0.4) is 0 Å². The van der Waals surface area contributed by atoms with Gasteiger partial charge in [-0.15, -0.1) is 0 Å². The van der Waals surface area contributed by atoms with Gasteiger partial charge in [-0.2, -0.15) is 4.73 Å². The molecule has 1 aromatic heterocycles. The summed E-state index contributed by atoms with van der Waals surface area (Å²) in [5.41, 5.74) is -0.482. The van der Waals surface area contributed by atoms with E-state index in [0.717, 1.165) is 24.5 Å². The van der Waals surface area contributed by atoms with Gasteiger partial charge in [0.15, 0.2) is 0 Å². The molecular formula is C7H6N2O4. The van der Waals surface area contributed by atoms with Gasteiger partial charge in [0, 0.05) is 12.2 Å². The van der Waals surface area contributed by atoms with Gasteiger partial charge in [-0.25, -0.2) is 4.79 Å². The second kappa shape index (κ2) is 3.53. The van der Waals surface area contributed by atoms with Crippen LogP contribution in [0.2, 0.25) is 0 Å². The molecule has 0 bridgehead atoms. The number of carboxylic acids is 1. The van der Waals surface area contributed by atoms with Crippen molar-refractivity contribution in [2.45, 2.75) is 0 Å². The van der Waals surface area contributed by atoms with Gasteiger partial charge in [0.05, 0.1) is 6.20 Å². The quantitative estimate of drug-likeness (QED) is 0.352. The largest absolute Gasteiger partial charge is 0.618 e. The third kappa shape index (κ3) is 2.44. The van der Waals surface area contributed by atoms with Crippen molar-refractivity contribution in [1.82, 2.24) is 4.98 Å². The highest BCUT2D eigenvalue weighted by Crippen LogP contribution is 1.89. The first-order chi connectivity index (χ1) is 6.09. The molecule has 6 nitrogen and oxygen atoms in total. The Kier molecular flexibility index (Phi) is 2.44. The average Bonchev–Trinajstić information content (AvgIpc) is 2.02. The molecule has 0 spiro atoms. The van der Waals surface area contributed by atoms with Crippen LogP contribution in [-0.2, 0) is 4.79 Å². The van der Waals surface area contributed by atoms with E-state index in [2.05, 4.69) is 4.98 Å². The summed E-state index contributed by atoms with van der Waals surface area (Å²) in [5, 5.41) is 19.2. The van der Waals surface area contributed by atoms with Crippen molar-refractivity contribution in [3.8, 4) is 0 Å². The first-order valence-corrected chi connectivity index (χ1v) is 3.32. The summed E-state index contributed by atoms with van der Waals surface area (Å²) in [4.78, 5) is 22.9. The second-order valence-electron chi connectivity index (χ2n) is 2.20. The Morgan fingerprint density at radius 2 is 2.38 bits per heavy atom. The number of carboxylic acid groups (broad SMARTS) is 1. The van der Waals surface area contributed by atoms with Gasteiger partial charge in [-0.05, 0) is 0 Å². The Labute approximate surface area is 72.4 Å². The summed E-state index contributed by atoms with van der Waals surface area (Å²) in [6.45, 7) is 0. The predicted molar refractivity (Wildman–Crippen MR) is 42.7 cm³/mol.